The van der Waals surface area contributed by atoms with Gasteiger partial charge in [0.2, 0.25) is 11.9 Å². The quantitative estimate of drug-likeness (QED) is 0.185. The lowest BCUT2D eigenvalue weighted by Crippen LogP contribution is -2.42. The number of benzene rings is 2. The molecule has 1 heterocycles. The van der Waals surface area contributed by atoms with Gasteiger partial charge in [-0.25, -0.2) is 0 Å². The first-order chi connectivity index (χ1) is 18.9. The molecular weight excluding hydrogens is 693 g/mol. The lowest BCUT2D eigenvalue weighted by Gasteiger charge is -2.09. The smallest absolute Gasteiger partial charge is 0.285 e. The molecule has 2 aromatic rings. The van der Waals surface area contributed by atoms with Gasteiger partial charge >= 0.3 is 0 Å². The van der Waals surface area contributed by atoms with Gasteiger partial charge in [-0.1, -0.05) is 77.2 Å². The molecule has 0 aromatic heterocycles. The van der Waals surface area contributed by atoms with Crippen molar-refractivity contribution in [3.63, 3.8) is 0 Å². The van der Waals surface area contributed by atoms with Crippen molar-refractivity contribution in [1.82, 2.24) is 10.6 Å². The Bertz CT molecular complexity index is 1170. The number of halogens is 6. The first kappa shape index (κ1) is 42.2. The van der Waals surface area contributed by atoms with Gasteiger partial charge in [-0.2, -0.15) is 4.99 Å². The number of hydrogen-bond acceptors (Lipinski definition) is 6. The normalized spacial score (nSPS) is 11.1. The van der Waals surface area contributed by atoms with Crippen LogP contribution in [-0.4, -0.2) is 47.9 Å². The fourth-order valence-electron chi connectivity index (χ4n) is 2.89. The van der Waals surface area contributed by atoms with Gasteiger partial charge in [0.25, 0.3) is 11.1 Å². The van der Waals surface area contributed by atoms with Crippen LogP contribution in [-0.2, 0) is 27.2 Å². The molecule has 3 rings (SSSR count). The van der Waals surface area contributed by atoms with E-state index in [1.54, 1.807) is 36.4 Å². The number of carbonyl (C=O) groups excluding carboxylic acids is 3. The lowest BCUT2D eigenvalue weighted by molar-refractivity contribution is -0.119. The van der Waals surface area contributed by atoms with Crippen LogP contribution < -0.4 is 22.1 Å². The van der Waals surface area contributed by atoms with Crippen molar-refractivity contribution in [3.05, 3.63) is 67.6 Å². The van der Waals surface area contributed by atoms with E-state index in [0.717, 1.165) is 25.0 Å². The number of guanidine groups is 2. The molecule has 0 spiro atoms. The van der Waals surface area contributed by atoms with E-state index < -0.39 is 17.1 Å². The highest BCUT2D eigenvalue weighted by molar-refractivity contribution is 8.13. The van der Waals surface area contributed by atoms with E-state index in [9.17, 15) is 14.4 Å². The fourth-order valence-corrected chi connectivity index (χ4v) is 4.39. The molecule has 0 aliphatic carbocycles. The number of thioether (sulfide) groups is 1. The highest BCUT2D eigenvalue weighted by Gasteiger charge is 2.13. The average molecular weight is 725 g/mol. The molecule has 42 heavy (non-hydrogen) atoms. The van der Waals surface area contributed by atoms with E-state index in [1.165, 1.54) is 12.8 Å². The molecule has 2 aromatic carbocycles. The van der Waals surface area contributed by atoms with E-state index >= 15 is 0 Å². The summed E-state index contributed by atoms with van der Waals surface area (Å²) in [5.41, 5.74) is 11.1. The first-order valence-electron chi connectivity index (χ1n) is 11.8. The van der Waals surface area contributed by atoms with Crippen molar-refractivity contribution < 1.29 is 19.1 Å². The molecule has 7 N–H and O–H groups in total. The van der Waals surface area contributed by atoms with Crippen molar-refractivity contribution in [1.29, 1.82) is 5.41 Å². The average Bonchev–Trinajstić information content (AvgIpc) is 3.44. The van der Waals surface area contributed by atoms with E-state index in [-0.39, 0.29) is 49.6 Å². The summed E-state index contributed by atoms with van der Waals surface area (Å²) in [7, 11) is 0. The minimum absolute atomic E-state index is 0. The summed E-state index contributed by atoms with van der Waals surface area (Å²) in [5.74, 6) is -1.02. The molecule has 0 atom stereocenters. The maximum Gasteiger partial charge on any atom is 0.285 e. The largest absolute Gasteiger partial charge is 0.381 e. The van der Waals surface area contributed by atoms with Crippen LogP contribution in [0.15, 0.2) is 41.4 Å². The molecule has 0 saturated carbocycles. The van der Waals surface area contributed by atoms with Gasteiger partial charge in [0.1, 0.15) is 0 Å². The zero-order chi connectivity index (χ0) is 30.1. The summed E-state index contributed by atoms with van der Waals surface area (Å²) in [5, 5.41) is 13.1. The molecule has 10 nitrogen and oxygen atoms in total. The Hall–Kier alpha value is -1.96. The van der Waals surface area contributed by atoms with Crippen LogP contribution in [0.2, 0.25) is 20.1 Å². The molecule has 3 amide bonds. The molecule has 1 fully saturated rings. The molecule has 234 valence electrons. The van der Waals surface area contributed by atoms with Crippen LogP contribution in [0.4, 0.5) is 4.79 Å². The zero-order valence-electron chi connectivity index (χ0n) is 22.4. The van der Waals surface area contributed by atoms with Crippen molar-refractivity contribution in [3.8, 4) is 0 Å². The van der Waals surface area contributed by atoms with Crippen LogP contribution in [0.25, 0.3) is 0 Å². The fraction of sp³-hybridized carbons (Fsp3) is 0.320. The Morgan fingerprint density at radius 2 is 1.33 bits per heavy atom. The first-order valence-corrected chi connectivity index (χ1v) is 14.3. The van der Waals surface area contributed by atoms with E-state index in [1.807, 2.05) is 6.92 Å². The third kappa shape index (κ3) is 17.9. The summed E-state index contributed by atoms with van der Waals surface area (Å²) in [6.07, 6.45) is 2.47. The summed E-state index contributed by atoms with van der Waals surface area (Å²) in [4.78, 5) is 37.6. The second-order valence-corrected chi connectivity index (χ2v) is 10.6. The Morgan fingerprint density at radius 3 is 1.71 bits per heavy atom. The standard InChI is InChI=1S/C12H13Cl2N3O2S.C9H9Cl2N3O.C4H8O.2ClH/c1-2-20-12(19)17-11(15)16-10(18)6-7-8(13)4-3-5-9(7)14;10-6-2-1-3-7(11)5(6)4-8(15)14-9(12)13;1-2-4-5-3-1;;/h3-5H,2,6H2,1H3,(H3,15,16,17,18,19);1-3H,4H2,(H4,12,13,14,15);1-4H2;2*1H. The van der Waals surface area contributed by atoms with Gasteiger partial charge in [0.15, 0.2) is 5.96 Å². The second kappa shape index (κ2) is 23.5. The van der Waals surface area contributed by atoms with Crippen molar-refractivity contribution >= 4 is 112 Å². The molecule has 1 aliphatic heterocycles. The summed E-state index contributed by atoms with van der Waals surface area (Å²) in [6.45, 7) is 3.81. The molecule has 1 saturated heterocycles. The van der Waals surface area contributed by atoms with Crippen LogP contribution in [0.3, 0.4) is 0 Å². The Kier molecular flexibility index (Phi) is 23.6. The number of amides is 3. The SMILES string of the molecule is C1CCOC1.CCSC(=O)NC(=N)NC(=O)Cc1c(Cl)cccc1Cl.Cl.Cl.NC(N)=NC(=O)Cc1c(Cl)cccc1Cl. The topological polar surface area (TPSA) is 173 Å². The zero-order valence-corrected chi connectivity index (χ0v) is 27.9. The lowest BCUT2D eigenvalue weighted by atomic mass is 10.1. The molecule has 1 aliphatic rings. The number of aliphatic imine (C=N–C) groups is 1. The van der Waals surface area contributed by atoms with Crippen molar-refractivity contribution in [2.75, 3.05) is 19.0 Å². The van der Waals surface area contributed by atoms with Gasteiger partial charge < -0.3 is 16.2 Å². The molecule has 0 bridgehead atoms. The van der Waals surface area contributed by atoms with Gasteiger partial charge in [-0.3, -0.25) is 30.4 Å². The van der Waals surface area contributed by atoms with E-state index in [2.05, 4.69) is 15.6 Å². The minimum Gasteiger partial charge on any atom is -0.381 e. The molecule has 0 radical (unpaired) electrons. The maximum absolute atomic E-state index is 11.7. The monoisotopic (exact) mass is 722 g/mol. The number of ether oxygens (including phenoxy) is 1. The molecule has 17 heteroatoms. The predicted octanol–water partition coefficient (Wildman–Crippen LogP) is 6.03. The Morgan fingerprint density at radius 1 is 0.881 bits per heavy atom. The van der Waals surface area contributed by atoms with Crippen molar-refractivity contribution in [2.24, 2.45) is 16.5 Å². The van der Waals surface area contributed by atoms with Gasteiger partial charge in [0.05, 0.1) is 12.8 Å². The molecule has 0 unspecified atom stereocenters. The van der Waals surface area contributed by atoms with E-state index in [0.29, 0.717) is 37.0 Å². The molecular formula is C25H32Cl6N6O4S. The summed E-state index contributed by atoms with van der Waals surface area (Å²) >= 11 is 24.6. The predicted molar refractivity (Wildman–Crippen MR) is 178 cm³/mol. The van der Waals surface area contributed by atoms with Crippen LogP contribution in [0.1, 0.15) is 30.9 Å². The summed E-state index contributed by atoms with van der Waals surface area (Å²) in [6, 6.07) is 9.91. The number of nitrogens with two attached hydrogens (primary N) is 2. The van der Waals surface area contributed by atoms with Crippen LogP contribution >= 0.6 is 83.0 Å². The van der Waals surface area contributed by atoms with Gasteiger partial charge in [-0.05, 0) is 54.0 Å². The third-order valence-corrected chi connectivity index (χ3v) is 6.71. The number of rotatable bonds is 5. The number of carbonyl (C=O) groups is 3. The Balaban J connectivity index is 0. The van der Waals surface area contributed by atoms with Gasteiger partial charge in [-0.15, -0.1) is 24.8 Å². The summed E-state index contributed by atoms with van der Waals surface area (Å²) < 4.78 is 4.94. The highest BCUT2D eigenvalue weighted by Crippen LogP contribution is 2.25. The third-order valence-electron chi connectivity index (χ3n) is 4.64. The maximum atomic E-state index is 11.7. The number of nitrogens with one attached hydrogen (secondary N) is 3. The van der Waals surface area contributed by atoms with Crippen LogP contribution in [0.5, 0.6) is 0 Å². The number of nitrogens with zero attached hydrogens (tertiary/aromatic N) is 1. The van der Waals surface area contributed by atoms with Crippen LogP contribution in [0, 0.1) is 5.41 Å². The number of hydrogen-bond donors (Lipinski definition) is 5. The van der Waals surface area contributed by atoms with E-state index in [4.69, 9.17) is 68.0 Å². The van der Waals surface area contributed by atoms with Gasteiger partial charge in [0, 0.05) is 33.3 Å². The van der Waals surface area contributed by atoms with Crippen molar-refractivity contribution in [2.45, 2.75) is 32.6 Å². The Labute approximate surface area is 281 Å². The highest BCUT2D eigenvalue weighted by atomic mass is 35.5. The minimum atomic E-state index is -0.481. The second-order valence-electron chi connectivity index (χ2n) is 7.77.